The van der Waals surface area contributed by atoms with Crippen LogP contribution in [0, 0.1) is 0 Å². The first kappa shape index (κ1) is 14.0. The summed E-state index contributed by atoms with van der Waals surface area (Å²) in [6.07, 6.45) is 0. The van der Waals surface area contributed by atoms with E-state index in [-0.39, 0.29) is 18.0 Å². The molecular weight excluding hydrogens is 223 g/mol. The molecule has 0 aromatic rings. The molecule has 0 radical (unpaired) electrons. The fourth-order valence-electron chi connectivity index (χ4n) is 0.765. The minimum atomic E-state index is -3.31. The van der Waals surface area contributed by atoms with E-state index in [1.54, 1.807) is 13.8 Å². The Balaban J connectivity index is 5.02. The van der Waals surface area contributed by atoms with Crippen LogP contribution in [0.4, 0.5) is 0 Å². The third-order valence-electron chi connectivity index (χ3n) is 1.19. The molecule has 0 saturated heterocycles. The van der Waals surface area contributed by atoms with Crippen LogP contribution in [0.15, 0.2) is 16.1 Å². The SMILES string of the molecule is CCOP(=O)(OCC)C(Cl)=C=C(C)C. The van der Waals surface area contributed by atoms with Crippen molar-refractivity contribution in [1.82, 2.24) is 0 Å². The Labute approximate surface area is 90.3 Å². The average molecular weight is 239 g/mol. The number of halogens is 1. The minimum Gasteiger partial charge on any atom is -0.304 e. The van der Waals surface area contributed by atoms with Gasteiger partial charge in [-0.2, -0.15) is 0 Å². The fraction of sp³-hybridized carbons (Fsp3) is 0.667. The summed E-state index contributed by atoms with van der Waals surface area (Å²) in [5, 5.41) is 0. The van der Waals surface area contributed by atoms with Crippen LogP contribution in [-0.4, -0.2) is 13.2 Å². The molecule has 0 N–H and O–H groups in total. The minimum absolute atomic E-state index is 0.0150. The molecule has 0 saturated carbocycles. The molecule has 0 spiro atoms. The summed E-state index contributed by atoms with van der Waals surface area (Å²) in [4.78, 5) is 0. The first-order valence-corrected chi connectivity index (χ1v) is 6.37. The summed E-state index contributed by atoms with van der Waals surface area (Å²) in [5.74, 6) is 0. The van der Waals surface area contributed by atoms with Gasteiger partial charge in [0, 0.05) is 0 Å². The van der Waals surface area contributed by atoms with Crippen LogP contribution >= 0.6 is 19.2 Å². The van der Waals surface area contributed by atoms with Crippen molar-refractivity contribution in [1.29, 1.82) is 0 Å². The summed E-state index contributed by atoms with van der Waals surface area (Å²) in [5.41, 5.74) is 3.57. The Hall–Kier alpha value is -0.0400. The highest BCUT2D eigenvalue weighted by Gasteiger charge is 2.28. The standard InChI is InChI=1S/C9H16ClO3P/c1-5-12-14(11,13-6-2)9(10)7-8(3)4/h5-6H2,1-4H3. The second-order valence-electron chi connectivity index (χ2n) is 2.75. The van der Waals surface area contributed by atoms with Gasteiger partial charge in [0.25, 0.3) is 0 Å². The molecule has 14 heavy (non-hydrogen) atoms. The second kappa shape index (κ2) is 6.44. The quantitative estimate of drug-likeness (QED) is 0.538. The molecule has 0 unspecified atom stereocenters. The highest BCUT2D eigenvalue weighted by atomic mass is 35.5. The predicted octanol–water partition coefficient (Wildman–Crippen LogP) is 3.90. The van der Waals surface area contributed by atoms with Gasteiger partial charge >= 0.3 is 7.60 Å². The molecular formula is C9H16ClO3P. The van der Waals surface area contributed by atoms with E-state index in [4.69, 9.17) is 20.6 Å². The summed E-state index contributed by atoms with van der Waals surface area (Å²) in [7, 11) is -3.31. The third kappa shape index (κ3) is 4.45. The molecule has 82 valence electrons. The lowest BCUT2D eigenvalue weighted by molar-refractivity contribution is 0.228. The molecule has 0 bridgehead atoms. The first-order valence-electron chi connectivity index (χ1n) is 4.45. The maximum atomic E-state index is 12.0. The topological polar surface area (TPSA) is 35.5 Å². The van der Waals surface area contributed by atoms with Crippen LogP contribution in [0.3, 0.4) is 0 Å². The van der Waals surface area contributed by atoms with Crippen molar-refractivity contribution in [2.75, 3.05) is 13.2 Å². The van der Waals surface area contributed by atoms with E-state index in [1.165, 1.54) is 0 Å². The van der Waals surface area contributed by atoms with Gasteiger partial charge in [-0.15, -0.1) is 0 Å². The van der Waals surface area contributed by atoms with Crippen molar-refractivity contribution in [3.63, 3.8) is 0 Å². The average Bonchev–Trinajstić information content (AvgIpc) is 2.03. The zero-order valence-corrected chi connectivity index (χ0v) is 10.6. The van der Waals surface area contributed by atoms with Crippen LogP contribution in [0.1, 0.15) is 27.7 Å². The molecule has 0 aliphatic heterocycles. The highest BCUT2D eigenvalue weighted by molar-refractivity contribution is 7.61. The van der Waals surface area contributed by atoms with Crippen LogP contribution < -0.4 is 0 Å². The van der Waals surface area contributed by atoms with Crippen LogP contribution in [0.2, 0.25) is 0 Å². The Morgan fingerprint density at radius 3 is 2.00 bits per heavy atom. The van der Waals surface area contributed by atoms with Crippen LogP contribution in [0.25, 0.3) is 0 Å². The molecule has 0 aliphatic rings. The third-order valence-corrected chi connectivity index (χ3v) is 3.70. The lowest BCUT2D eigenvalue weighted by Crippen LogP contribution is -1.95. The molecule has 0 heterocycles. The smallest absolute Gasteiger partial charge is 0.304 e. The van der Waals surface area contributed by atoms with Gasteiger partial charge in [0.1, 0.15) is 0 Å². The van der Waals surface area contributed by atoms with Crippen LogP contribution in [0.5, 0.6) is 0 Å². The Kier molecular flexibility index (Phi) is 6.43. The summed E-state index contributed by atoms with van der Waals surface area (Å²) in [6.45, 7) is 7.67. The zero-order chi connectivity index (χ0) is 11.2. The van der Waals surface area contributed by atoms with E-state index in [0.29, 0.717) is 0 Å². The predicted molar refractivity (Wildman–Crippen MR) is 58.6 cm³/mol. The Morgan fingerprint density at radius 1 is 1.29 bits per heavy atom. The molecule has 0 amide bonds. The van der Waals surface area contributed by atoms with Crippen molar-refractivity contribution >= 4 is 19.2 Å². The van der Waals surface area contributed by atoms with E-state index in [1.807, 2.05) is 13.8 Å². The monoisotopic (exact) mass is 238 g/mol. The molecule has 0 aromatic carbocycles. The summed E-state index contributed by atoms with van der Waals surface area (Å²) in [6, 6.07) is 0. The van der Waals surface area contributed by atoms with E-state index in [0.717, 1.165) is 5.57 Å². The van der Waals surface area contributed by atoms with Gasteiger partial charge < -0.3 is 9.05 Å². The number of allylic oxidation sites excluding steroid dienone is 1. The van der Waals surface area contributed by atoms with Crippen LogP contribution in [-0.2, 0) is 13.6 Å². The van der Waals surface area contributed by atoms with E-state index in [2.05, 4.69) is 5.73 Å². The maximum Gasteiger partial charge on any atom is 0.380 e. The highest BCUT2D eigenvalue weighted by Crippen LogP contribution is 2.57. The van der Waals surface area contributed by atoms with Gasteiger partial charge in [-0.3, -0.25) is 4.57 Å². The first-order chi connectivity index (χ1) is 6.46. The van der Waals surface area contributed by atoms with Gasteiger partial charge in [0.15, 0.2) is 4.77 Å². The van der Waals surface area contributed by atoms with E-state index < -0.39 is 7.60 Å². The summed E-state index contributed by atoms with van der Waals surface area (Å²) < 4.78 is 22.0. The number of rotatable bonds is 5. The van der Waals surface area contributed by atoms with Crippen molar-refractivity contribution < 1.29 is 13.6 Å². The van der Waals surface area contributed by atoms with Gasteiger partial charge in [-0.25, -0.2) is 0 Å². The molecule has 0 rings (SSSR count). The second-order valence-corrected chi connectivity index (χ2v) is 5.35. The van der Waals surface area contributed by atoms with E-state index in [9.17, 15) is 4.57 Å². The molecule has 0 aromatic heterocycles. The van der Waals surface area contributed by atoms with Gasteiger partial charge in [-0.05, 0) is 33.3 Å². The van der Waals surface area contributed by atoms with Gasteiger partial charge in [0.05, 0.1) is 13.2 Å². The zero-order valence-electron chi connectivity index (χ0n) is 8.96. The van der Waals surface area contributed by atoms with Crippen molar-refractivity contribution in [3.05, 3.63) is 16.1 Å². The Morgan fingerprint density at radius 2 is 1.71 bits per heavy atom. The summed E-state index contributed by atoms with van der Waals surface area (Å²) >= 11 is 5.81. The molecule has 3 nitrogen and oxygen atoms in total. The largest absolute Gasteiger partial charge is 0.380 e. The van der Waals surface area contributed by atoms with Gasteiger partial charge in [0.2, 0.25) is 0 Å². The molecule has 0 aliphatic carbocycles. The normalized spacial score (nSPS) is 10.9. The number of hydrogen-bond donors (Lipinski definition) is 0. The number of hydrogen-bond acceptors (Lipinski definition) is 3. The van der Waals surface area contributed by atoms with Crippen molar-refractivity contribution in [2.24, 2.45) is 0 Å². The maximum absolute atomic E-state index is 12.0. The van der Waals surface area contributed by atoms with Crippen molar-refractivity contribution in [3.8, 4) is 0 Å². The lowest BCUT2D eigenvalue weighted by atomic mass is 10.4. The lowest BCUT2D eigenvalue weighted by Gasteiger charge is -2.14. The Bertz CT molecular complexity index is 278. The molecule has 0 fully saturated rings. The van der Waals surface area contributed by atoms with E-state index >= 15 is 0 Å². The van der Waals surface area contributed by atoms with Gasteiger partial charge in [-0.1, -0.05) is 17.3 Å². The fourth-order valence-corrected chi connectivity index (χ4v) is 2.59. The van der Waals surface area contributed by atoms with Crippen molar-refractivity contribution in [2.45, 2.75) is 27.7 Å². The molecule has 0 atom stereocenters. The molecule has 5 heteroatoms.